The first-order valence-electron chi connectivity index (χ1n) is 5.14. The van der Waals surface area contributed by atoms with Gasteiger partial charge in [-0.25, -0.2) is 9.97 Å². The summed E-state index contributed by atoms with van der Waals surface area (Å²) in [4.78, 5) is 10.1. The Hall–Kier alpha value is -0.400. The molecule has 0 saturated carbocycles. The fourth-order valence-corrected chi connectivity index (χ4v) is 3.33. The zero-order valence-corrected chi connectivity index (χ0v) is 13.2. The molecule has 6 heteroatoms. The smallest absolute Gasteiger partial charge is 0.171 e. The second-order valence-electron chi connectivity index (χ2n) is 3.39. The van der Waals surface area contributed by atoms with Crippen molar-refractivity contribution >= 4 is 51.3 Å². The van der Waals surface area contributed by atoms with Gasteiger partial charge in [-0.15, -0.1) is 11.3 Å². The van der Waals surface area contributed by atoms with Crippen LogP contribution in [-0.2, 0) is 6.42 Å². The third-order valence-electron chi connectivity index (χ3n) is 2.28. The van der Waals surface area contributed by atoms with Crippen LogP contribution < -0.4 is 5.32 Å². The van der Waals surface area contributed by atoms with Gasteiger partial charge in [-0.1, -0.05) is 18.5 Å². The van der Waals surface area contributed by atoms with Crippen molar-refractivity contribution in [3.8, 4) is 10.7 Å². The third kappa shape index (κ3) is 2.71. The van der Waals surface area contributed by atoms with E-state index in [0.717, 1.165) is 37.2 Å². The maximum atomic E-state index is 5.93. The molecule has 90 valence electrons. The normalized spacial score (nSPS) is 10.6. The van der Waals surface area contributed by atoms with Gasteiger partial charge in [-0.05, 0) is 35.1 Å². The topological polar surface area (TPSA) is 37.8 Å². The zero-order chi connectivity index (χ0) is 12.4. The van der Waals surface area contributed by atoms with Crippen molar-refractivity contribution in [2.45, 2.75) is 13.3 Å². The molecule has 0 fully saturated rings. The summed E-state index contributed by atoms with van der Waals surface area (Å²) in [5.74, 6) is 1.61. The van der Waals surface area contributed by atoms with Gasteiger partial charge < -0.3 is 5.32 Å². The first-order valence-corrected chi connectivity index (χ1v) is 7.48. The summed E-state index contributed by atoms with van der Waals surface area (Å²) in [5.41, 5.74) is 1.06. The number of anilines is 1. The number of halogens is 2. The minimum Gasteiger partial charge on any atom is -0.372 e. The average molecular weight is 380 g/mol. The molecule has 0 spiro atoms. The number of hydrogen-bond donors (Lipinski definition) is 1. The quantitative estimate of drug-likeness (QED) is 0.817. The van der Waals surface area contributed by atoms with Crippen molar-refractivity contribution in [2.24, 2.45) is 0 Å². The van der Waals surface area contributed by atoms with Crippen LogP contribution in [0.1, 0.15) is 12.6 Å². The summed E-state index contributed by atoms with van der Waals surface area (Å²) >= 11 is 9.76. The van der Waals surface area contributed by atoms with Gasteiger partial charge in [0.25, 0.3) is 0 Å². The maximum absolute atomic E-state index is 5.93. The highest BCUT2D eigenvalue weighted by atomic mass is 127. The number of hydrogen-bond acceptors (Lipinski definition) is 4. The molecule has 0 aromatic carbocycles. The number of nitrogens with one attached hydrogen (secondary N) is 1. The molecule has 0 aliphatic carbocycles. The van der Waals surface area contributed by atoms with E-state index in [4.69, 9.17) is 11.6 Å². The number of rotatable bonds is 3. The average Bonchev–Trinajstić information content (AvgIpc) is 2.76. The zero-order valence-electron chi connectivity index (χ0n) is 9.42. The van der Waals surface area contributed by atoms with Crippen molar-refractivity contribution in [2.75, 3.05) is 12.4 Å². The molecular weight excluding hydrogens is 369 g/mol. The van der Waals surface area contributed by atoms with Gasteiger partial charge in [0.1, 0.15) is 5.82 Å². The van der Waals surface area contributed by atoms with E-state index in [2.05, 4.69) is 44.8 Å². The van der Waals surface area contributed by atoms with Crippen LogP contribution in [0.3, 0.4) is 0 Å². The molecule has 2 heterocycles. The molecule has 3 nitrogen and oxygen atoms in total. The van der Waals surface area contributed by atoms with Crippen molar-refractivity contribution in [3.63, 3.8) is 0 Å². The summed E-state index contributed by atoms with van der Waals surface area (Å²) in [5, 5.41) is 5.72. The minimum atomic E-state index is 0.733. The fraction of sp³-hybridized carbons (Fsp3) is 0.273. The molecule has 2 rings (SSSR count). The lowest BCUT2D eigenvalue weighted by molar-refractivity contribution is 0.992. The van der Waals surface area contributed by atoms with Gasteiger partial charge in [-0.2, -0.15) is 0 Å². The molecule has 17 heavy (non-hydrogen) atoms. The fourth-order valence-electron chi connectivity index (χ4n) is 1.43. The molecule has 2 aromatic rings. The van der Waals surface area contributed by atoms with Crippen LogP contribution in [0.2, 0.25) is 5.02 Å². The lowest BCUT2D eigenvalue weighted by Gasteiger charge is -2.08. The van der Waals surface area contributed by atoms with E-state index in [1.165, 1.54) is 0 Å². The van der Waals surface area contributed by atoms with Crippen LogP contribution in [0.4, 0.5) is 5.82 Å². The molecule has 0 amide bonds. The third-order valence-corrected chi connectivity index (χ3v) is 4.69. The number of thiophene rings is 1. The van der Waals surface area contributed by atoms with Gasteiger partial charge >= 0.3 is 0 Å². The van der Waals surface area contributed by atoms with Crippen molar-refractivity contribution in [3.05, 3.63) is 25.7 Å². The van der Waals surface area contributed by atoms with E-state index in [9.17, 15) is 0 Å². The molecule has 0 aliphatic rings. The molecule has 0 aliphatic heterocycles. The van der Waals surface area contributed by atoms with Crippen LogP contribution in [0.5, 0.6) is 0 Å². The van der Waals surface area contributed by atoms with Gasteiger partial charge in [0.15, 0.2) is 5.82 Å². The molecule has 0 unspecified atom stereocenters. The molecule has 1 N–H and O–H groups in total. The molecular formula is C11H11ClIN3S. The lowest BCUT2D eigenvalue weighted by Crippen LogP contribution is -2.04. The highest BCUT2D eigenvalue weighted by Crippen LogP contribution is 2.30. The van der Waals surface area contributed by atoms with Crippen molar-refractivity contribution in [1.82, 2.24) is 9.97 Å². The summed E-state index contributed by atoms with van der Waals surface area (Å²) < 4.78 is 1.08. The SMILES string of the molecule is CCc1nc(-c2cc(Cl)cs2)nc(NC)c1I. The first kappa shape index (κ1) is 13.0. The van der Waals surface area contributed by atoms with E-state index in [-0.39, 0.29) is 0 Å². The predicted molar refractivity (Wildman–Crippen MR) is 82.0 cm³/mol. The lowest BCUT2D eigenvalue weighted by atomic mass is 10.3. The molecule has 0 atom stereocenters. The monoisotopic (exact) mass is 379 g/mol. The Morgan fingerprint density at radius 2 is 2.24 bits per heavy atom. The van der Waals surface area contributed by atoms with E-state index >= 15 is 0 Å². The Bertz CT molecular complexity index is 516. The molecule has 0 radical (unpaired) electrons. The Morgan fingerprint density at radius 3 is 2.76 bits per heavy atom. The van der Waals surface area contributed by atoms with Crippen LogP contribution in [-0.4, -0.2) is 17.0 Å². The largest absolute Gasteiger partial charge is 0.372 e. The predicted octanol–water partition coefficient (Wildman–Crippen LogP) is 4.07. The summed E-state index contributed by atoms with van der Waals surface area (Å²) in [6.07, 6.45) is 0.890. The van der Waals surface area contributed by atoms with Crippen LogP contribution in [0, 0.1) is 3.57 Å². The summed E-state index contributed by atoms with van der Waals surface area (Å²) in [7, 11) is 1.87. The van der Waals surface area contributed by atoms with Gasteiger partial charge in [-0.3, -0.25) is 0 Å². The molecule has 0 bridgehead atoms. The molecule has 2 aromatic heterocycles. The molecule has 0 saturated heterocycles. The van der Waals surface area contributed by atoms with Crippen LogP contribution in [0.15, 0.2) is 11.4 Å². The van der Waals surface area contributed by atoms with E-state index in [0.29, 0.717) is 0 Å². The van der Waals surface area contributed by atoms with Gasteiger partial charge in [0, 0.05) is 12.4 Å². The Kier molecular flexibility index (Phi) is 4.22. The van der Waals surface area contributed by atoms with Crippen LogP contribution >= 0.6 is 45.5 Å². The van der Waals surface area contributed by atoms with E-state index in [1.54, 1.807) is 11.3 Å². The second-order valence-corrected chi connectivity index (χ2v) is 5.82. The van der Waals surface area contributed by atoms with E-state index in [1.807, 2.05) is 18.5 Å². The highest BCUT2D eigenvalue weighted by Gasteiger charge is 2.12. The maximum Gasteiger partial charge on any atom is 0.171 e. The number of aryl methyl sites for hydroxylation is 1. The standard InChI is InChI=1S/C11H11ClIN3S/c1-3-7-9(13)11(14-2)16-10(15-7)8-4-6(12)5-17-8/h4-5H,3H2,1-2H3,(H,14,15,16). The first-order chi connectivity index (χ1) is 8.15. The minimum absolute atomic E-state index is 0.733. The Balaban J connectivity index is 2.55. The summed E-state index contributed by atoms with van der Waals surface area (Å²) in [6.45, 7) is 2.09. The van der Waals surface area contributed by atoms with Gasteiger partial charge in [0.2, 0.25) is 0 Å². The number of aromatic nitrogens is 2. The summed E-state index contributed by atoms with van der Waals surface area (Å²) in [6, 6.07) is 1.90. The highest BCUT2D eigenvalue weighted by molar-refractivity contribution is 14.1. The van der Waals surface area contributed by atoms with Gasteiger partial charge in [0.05, 0.1) is 19.2 Å². The second kappa shape index (κ2) is 5.49. The van der Waals surface area contributed by atoms with Crippen molar-refractivity contribution < 1.29 is 0 Å². The Labute approximate surface area is 123 Å². The van der Waals surface area contributed by atoms with Crippen LogP contribution in [0.25, 0.3) is 10.7 Å². The number of nitrogens with zero attached hydrogens (tertiary/aromatic N) is 2. The van der Waals surface area contributed by atoms with Crippen molar-refractivity contribution in [1.29, 1.82) is 0 Å². The Morgan fingerprint density at radius 1 is 1.47 bits per heavy atom. The van der Waals surface area contributed by atoms with E-state index < -0.39 is 0 Å².